The first-order valence-electron chi connectivity index (χ1n) is 6.34. The standard InChI is InChI=1S/C14H21ClN2O2/c1-4-7-17(10-14(19)16(2)3)9-11-5-6-13(18)12(15)8-11/h5-6,8,18H,4,7,9-10H2,1-3H3. The van der Waals surface area contributed by atoms with E-state index in [0.29, 0.717) is 18.1 Å². The Morgan fingerprint density at radius 3 is 2.58 bits per heavy atom. The molecule has 5 heteroatoms. The van der Waals surface area contributed by atoms with E-state index in [4.69, 9.17) is 11.6 Å². The van der Waals surface area contributed by atoms with Gasteiger partial charge in [-0.05, 0) is 30.7 Å². The van der Waals surface area contributed by atoms with Gasteiger partial charge in [-0.15, -0.1) is 0 Å². The molecule has 0 saturated heterocycles. The Kier molecular flexibility index (Phi) is 6.12. The number of rotatable bonds is 6. The number of phenols is 1. The van der Waals surface area contributed by atoms with Gasteiger partial charge in [0.25, 0.3) is 0 Å². The Morgan fingerprint density at radius 2 is 2.05 bits per heavy atom. The third-order valence-electron chi connectivity index (χ3n) is 2.82. The molecule has 0 radical (unpaired) electrons. The monoisotopic (exact) mass is 284 g/mol. The molecule has 0 spiro atoms. The minimum Gasteiger partial charge on any atom is -0.506 e. The van der Waals surface area contributed by atoms with Crippen molar-refractivity contribution in [1.29, 1.82) is 0 Å². The SMILES string of the molecule is CCCN(CC(=O)N(C)C)Cc1ccc(O)c(Cl)c1. The van der Waals surface area contributed by atoms with Gasteiger partial charge in [0.2, 0.25) is 5.91 Å². The van der Waals surface area contributed by atoms with Crippen molar-refractivity contribution >= 4 is 17.5 Å². The summed E-state index contributed by atoms with van der Waals surface area (Å²) in [7, 11) is 3.51. The zero-order valence-corrected chi connectivity index (χ0v) is 12.4. The van der Waals surface area contributed by atoms with Crippen LogP contribution in [0, 0.1) is 0 Å². The summed E-state index contributed by atoms with van der Waals surface area (Å²) in [5, 5.41) is 9.73. The topological polar surface area (TPSA) is 43.8 Å². The minimum absolute atomic E-state index is 0.0804. The first-order valence-corrected chi connectivity index (χ1v) is 6.71. The van der Waals surface area contributed by atoms with E-state index >= 15 is 0 Å². The van der Waals surface area contributed by atoms with Crippen LogP contribution in [0.2, 0.25) is 5.02 Å². The number of hydrogen-bond acceptors (Lipinski definition) is 3. The molecule has 4 nitrogen and oxygen atoms in total. The highest BCUT2D eigenvalue weighted by Gasteiger charge is 2.12. The van der Waals surface area contributed by atoms with Crippen LogP contribution in [0.1, 0.15) is 18.9 Å². The van der Waals surface area contributed by atoms with Gasteiger partial charge in [0.05, 0.1) is 11.6 Å². The van der Waals surface area contributed by atoms with Crippen LogP contribution in [0.25, 0.3) is 0 Å². The minimum atomic E-state index is 0.0804. The van der Waals surface area contributed by atoms with Gasteiger partial charge in [-0.1, -0.05) is 24.6 Å². The molecule has 106 valence electrons. The molecule has 1 aromatic carbocycles. The Hall–Kier alpha value is -1.26. The molecule has 1 amide bonds. The summed E-state index contributed by atoms with van der Waals surface area (Å²) >= 11 is 5.89. The Balaban J connectivity index is 2.71. The van der Waals surface area contributed by atoms with Crippen LogP contribution < -0.4 is 0 Å². The van der Waals surface area contributed by atoms with E-state index in [1.165, 1.54) is 0 Å². The normalized spacial score (nSPS) is 10.8. The molecular weight excluding hydrogens is 264 g/mol. The molecule has 0 bridgehead atoms. The first kappa shape index (κ1) is 15.8. The van der Waals surface area contributed by atoms with Crippen LogP contribution in [0.15, 0.2) is 18.2 Å². The van der Waals surface area contributed by atoms with Crippen LogP contribution in [0.3, 0.4) is 0 Å². The summed E-state index contributed by atoms with van der Waals surface area (Å²) < 4.78 is 0. The van der Waals surface area contributed by atoms with Crippen LogP contribution in [0.5, 0.6) is 5.75 Å². The van der Waals surface area contributed by atoms with Crippen LogP contribution in [-0.4, -0.2) is 48.0 Å². The van der Waals surface area contributed by atoms with E-state index in [2.05, 4.69) is 11.8 Å². The largest absolute Gasteiger partial charge is 0.506 e. The Morgan fingerprint density at radius 1 is 1.37 bits per heavy atom. The number of nitrogens with zero attached hydrogens (tertiary/aromatic N) is 2. The number of amides is 1. The van der Waals surface area contributed by atoms with Crippen molar-refractivity contribution in [1.82, 2.24) is 9.80 Å². The number of aromatic hydroxyl groups is 1. The zero-order chi connectivity index (χ0) is 14.4. The molecule has 0 atom stereocenters. The van der Waals surface area contributed by atoms with E-state index in [1.54, 1.807) is 31.1 Å². The molecule has 0 unspecified atom stereocenters. The maximum Gasteiger partial charge on any atom is 0.236 e. The Labute approximate surface area is 119 Å². The van der Waals surface area contributed by atoms with Gasteiger partial charge >= 0.3 is 0 Å². The number of likely N-dealkylation sites (N-methyl/N-ethyl adjacent to an activating group) is 1. The molecule has 1 rings (SSSR count). The predicted octanol–water partition coefficient (Wildman–Crippen LogP) is 2.35. The molecule has 0 aromatic heterocycles. The van der Waals surface area contributed by atoms with E-state index in [1.807, 2.05) is 6.07 Å². The maximum atomic E-state index is 11.8. The molecule has 19 heavy (non-hydrogen) atoms. The third kappa shape index (κ3) is 5.09. The van der Waals surface area contributed by atoms with Gasteiger partial charge in [0, 0.05) is 20.6 Å². The highest BCUT2D eigenvalue weighted by molar-refractivity contribution is 6.32. The van der Waals surface area contributed by atoms with E-state index in [0.717, 1.165) is 18.5 Å². The van der Waals surface area contributed by atoms with Crippen molar-refractivity contribution < 1.29 is 9.90 Å². The lowest BCUT2D eigenvalue weighted by atomic mass is 10.2. The van der Waals surface area contributed by atoms with E-state index in [-0.39, 0.29) is 11.7 Å². The second-order valence-electron chi connectivity index (χ2n) is 4.78. The summed E-state index contributed by atoms with van der Waals surface area (Å²) in [4.78, 5) is 15.4. The molecule has 0 fully saturated rings. The predicted molar refractivity (Wildman–Crippen MR) is 77.4 cm³/mol. The highest BCUT2D eigenvalue weighted by atomic mass is 35.5. The number of benzene rings is 1. The summed E-state index contributed by atoms with van der Waals surface area (Å²) in [5.74, 6) is 0.162. The highest BCUT2D eigenvalue weighted by Crippen LogP contribution is 2.24. The van der Waals surface area contributed by atoms with E-state index < -0.39 is 0 Å². The number of carbonyl (C=O) groups excluding carboxylic acids is 1. The number of hydrogen-bond donors (Lipinski definition) is 1. The Bertz CT molecular complexity index is 435. The average Bonchev–Trinajstić information content (AvgIpc) is 2.34. The van der Waals surface area contributed by atoms with Crippen molar-refractivity contribution in [3.63, 3.8) is 0 Å². The second kappa shape index (κ2) is 7.36. The fourth-order valence-corrected chi connectivity index (χ4v) is 1.97. The summed E-state index contributed by atoms with van der Waals surface area (Å²) in [5.41, 5.74) is 0.989. The number of carbonyl (C=O) groups is 1. The summed E-state index contributed by atoms with van der Waals surface area (Å²) in [6.45, 7) is 3.96. The van der Waals surface area contributed by atoms with Gasteiger partial charge in [-0.3, -0.25) is 9.69 Å². The lowest BCUT2D eigenvalue weighted by Gasteiger charge is -2.23. The van der Waals surface area contributed by atoms with Crippen molar-refractivity contribution in [2.45, 2.75) is 19.9 Å². The lowest BCUT2D eigenvalue weighted by Crippen LogP contribution is -2.36. The van der Waals surface area contributed by atoms with Crippen LogP contribution >= 0.6 is 11.6 Å². The summed E-state index contributed by atoms with van der Waals surface area (Å²) in [6.07, 6.45) is 0.979. The quantitative estimate of drug-likeness (QED) is 0.872. The van der Waals surface area contributed by atoms with Crippen molar-refractivity contribution in [2.75, 3.05) is 27.2 Å². The fourth-order valence-electron chi connectivity index (χ4n) is 1.77. The molecule has 1 N–H and O–H groups in total. The van der Waals surface area contributed by atoms with Gasteiger partial charge in [0.15, 0.2) is 0 Å². The smallest absolute Gasteiger partial charge is 0.236 e. The molecule has 0 aliphatic rings. The van der Waals surface area contributed by atoms with Gasteiger partial charge < -0.3 is 10.0 Å². The van der Waals surface area contributed by atoms with Crippen LogP contribution in [0.4, 0.5) is 0 Å². The maximum absolute atomic E-state index is 11.8. The molecule has 0 aliphatic heterocycles. The number of halogens is 1. The number of phenolic OH excluding ortho intramolecular Hbond substituents is 1. The molecule has 0 heterocycles. The first-order chi connectivity index (χ1) is 8.93. The summed E-state index contributed by atoms with van der Waals surface area (Å²) in [6, 6.07) is 5.14. The molecule has 1 aromatic rings. The molecular formula is C14H21ClN2O2. The second-order valence-corrected chi connectivity index (χ2v) is 5.19. The molecule has 0 aliphatic carbocycles. The molecule has 0 saturated carbocycles. The van der Waals surface area contributed by atoms with Gasteiger partial charge in [-0.25, -0.2) is 0 Å². The van der Waals surface area contributed by atoms with Crippen molar-refractivity contribution in [2.24, 2.45) is 0 Å². The zero-order valence-electron chi connectivity index (χ0n) is 11.7. The van der Waals surface area contributed by atoms with Gasteiger partial charge in [-0.2, -0.15) is 0 Å². The third-order valence-corrected chi connectivity index (χ3v) is 3.12. The van der Waals surface area contributed by atoms with Crippen molar-refractivity contribution in [3.05, 3.63) is 28.8 Å². The van der Waals surface area contributed by atoms with Gasteiger partial charge in [0.1, 0.15) is 5.75 Å². The van der Waals surface area contributed by atoms with Crippen molar-refractivity contribution in [3.8, 4) is 5.75 Å². The van der Waals surface area contributed by atoms with E-state index in [9.17, 15) is 9.90 Å². The van der Waals surface area contributed by atoms with Crippen LogP contribution in [-0.2, 0) is 11.3 Å². The fraction of sp³-hybridized carbons (Fsp3) is 0.500. The lowest BCUT2D eigenvalue weighted by molar-refractivity contribution is -0.130. The average molecular weight is 285 g/mol.